The fraction of sp³-hybridized carbons (Fsp3) is 0.130. The number of Topliss-reactive ketones (excluding diaryl/α,β-unsaturated/α-hetero) is 1. The number of carboxylic acid groups (broad SMARTS) is 1. The fourth-order valence-corrected chi connectivity index (χ4v) is 3.35. The van der Waals surface area contributed by atoms with Gasteiger partial charge < -0.3 is 9.84 Å². The number of halogens is 4. The summed E-state index contributed by atoms with van der Waals surface area (Å²) in [7, 11) is 0. The molecular weight excluding hydrogens is 433 g/mol. The van der Waals surface area contributed by atoms with Gasteiger partial charge in [-0.2, -0.15) is 13.2 Å². The average Bonchev–Trinajstić information content (AvgIpc) is 2.73. The van der Waals surface area contributed by atoms with Crippen LogP contribution in [0.25, 0.3) is 12.2 Å². The molecule has 1 aliphatic rings. The van der Waals surface area contributed by atoms with Crippen molar-refractivity contribution in [3.8, 4) is 5.75 Å². The number of hydrogen-bond donors (Lipinski definition) is 1. The molecule has 0 amide bonds. The molecule has 1 fully saturated rings. The molecule has 2 aromatic carbocycles. The Morgan fingerprint density at radius 2 is 1.65 bits per heavy atom. The highest BCUT2D eigenvalue weighted by Gasteiger charge is 2.21. The summed E-state index contributed by atoms with van der Waals surface area (Å²) in [4.78, 5) is 24.4. The van der Waals surface area contributed by atoms with E-state index < -0.39 is 18.1 Å². The summed E-state index contributed by atoms with van der Waals surface area (Å²) in [5.74, 6) is -1.45. The molecule has 160 valence electrons. The van der Waals surface area contributed by atoms with Gasteiger partial charge in [-0.05, 0) is 66.8 Å². The third-order valence-corrected chi connectivity index (χ3v) is 4.86. The molecule has 0 atom stereocenters. The van der Waals surface area contributed by atoms with E-state index in [-0.39, 0.29) is 22.1 Å². The van der Waals surface area contributed by atoms with E-state index in [9.17, 15) is 27.9 Å². The molecule has 0 heterocycles. The van der Waals surface area contributed by atoms with E-state index in [4.69, 9.17) is 11.6 Å². The van der Waals surface area contributed by atoms with Gasteiger partial charge in [0.05, 0.1) is 5.56 Å². The van der Waals surface area contributed by atoms with Gasteiger partial charge >= 0.3 is 18.1 Å². The van der Waals surface area contributed by atoms with Gasteiger partial charge in [-0.1, -0.05) is 29.8 Å². The summed E-state index contributed by atoms with van der Waals surface area (Å²) in [6.45, 7) is 0. The smallest absolute Gasteiger partial charge is 0.344 e. The van der Waals surface area contributed by atoms with Crippen LogP contribution in [0.3, 0.4) is 0 Å². The molecule has 1 N–H and O–H groups in total. The number of aromatic carboxylic acids is 1. The number of ether oxygens (including phenoxy) is 1. The number of carbonyl (C=O) groups is 2. The standard InChI is InChI=1S/C23H16ClF3O4/c24-17-7-6-14(19(12-17)23(29)30)11-16-3-1-2-15(20(16)28)10-13-4-8-18(9-5-13)31-22(27)21(25)26/h4-12H,1-3H2,(H,29,30)/b15-10+,16-11-. The normalized spacial score (nSPS) is 16.5. The predicted molar refractivity (Wildman–Crippen MR) is 111 cm³/mol. The second kappa shape index (κ2) is 9.66. The lowest BCUT2D eigenvalue weighted by Gasteiger charge is -2.17. The Bertz CT molecular complexity index is 1110. The van der Waals surface area contributed by atoms with Crippen molar-refractivity contribution in [2.45, 2.75) is 19.3 Å². The van der Waals surface area contributed by atoms with Gasteiger partial charge in [0.15, 0.2) is 5.78 Å². The summed E-state index contributed by atoms with van der Waals surface area (Å²) in [5, 5.41) is 9.66. The van der Waals surface area contributed by atoms with E-state index in [0.717, 1.165) is 0 Å². The molecule has 0 radical (unpaired) electrons. The molecular formula is C23H16ClF3O4. The Balaban J connectivity index is 1.84. The van der Waals surface area contributed by atoms with Gasteiger partial charge in [0.2, 0.25) is 0 Å². The molecule has 31 heavy (non-hydrogen) atoms. The molecule has 2 aromatic rings. The number of allylic oxidation sites excluding steroid dienone is 2. The van der Waals surface area contributed by atoms with Crippen LogP contribution in [0.15, 0.2) is 65.7 Å². The second-order valence-corrected chi connectivity index (χ2v) is 7.20. The van der Waals surface area contributed by atoms with Gasteiger partial charge in [0.1, 0.15) is 5.75 Å². The highest BCUT2D eigenvalue weighted by atomic mass is 35.5. The zero-order valence-corrected chi connectivity index (χ0v) is 16.8. The van der Waals surface area contributed by atoms with Crippen molar-refractivity contribution < 1.29 is 32.6 Å². The number of carboxylic acids is 1. The van der Waals surface area contributed by atoms with Crippen molar-refractivity contribution in [3.63, 3.8) is 0 Å². The lowest BCUT2D eigenvalue weighted by atomic mass is 9.86. The van der Waals surface area contributed by atoms with E-state index in [1.807, 2.05) is 0 Å². The summed E-state index contributed by atoms with van der Waals surface area (Å²) >= 11 is 5.87. The van der Waals surface area contributed by atoms with Crippen LogP contribution in [0.2, 0.25) is 5.02 Å². The quantitative estimate of drug-likeness (QED) is 0.409. The van der Waals surface area contributed by atoms with Gasteiger partial charge in [-0.25, -0.2) is 4.79 Å². The number of carbonyl (C=O) groups excluding carboxylic acids is 1. The van der Waals surface area contributed by atoms with Crippen molar-refractivity contribution >= 4 is 35.5 Å². The number of rotatable bonds is 5. The Morgan fingerprint density at radius 3 is 2.26 bits per heavy atom. The maximum Gasteiger partial charge on any atom is 0.344 e. The molecule has 0 aliphatic heterocycles. The second-order valence-electron chi connectivity index (χ2n) is 6.76. The van der Waals surface area contributed by atoms with Crippen molar-refractivity contribution in [1.29, 1.82) is 0 Å². The van der Waals surface area contributed by atoms with Gasteiger partial charge in [0.25, 0.3) is 0 Å². The molecule has 0 saturated heterocycles. The van der Waals surface area contributed by atoms with Crippen molar-refractivity contribution in [2.75, 3.05) is 0 Å². The SMILES string of the molecule is O=C1/C(=C\c2ccc(Cl)cc2C(=O)O)CCC/C1=C\c1ccc(OC(F)=C(F)F)cc1. The first-order chi connectivity index (χ1) is 14.7. The molecule has 3 rings (SSSR count). The van der Waals surface area contributed by atoms with Crippen LogP contribution in [0, 0.1) is 0 Å². The van der Waals surface area contributed by atoms with Crippen molar-refractivity contribution in [1.82, 2.24) is 0 Å². The maximum atomic E-state index is 12.9. The number of benzene rings is 2. The Labute approximate surface area is 180 Å². The first-order valence-electron chi connectivity index (χ1n) is 9.22. The van der Waals surface area contributed by atoms with Gasteiger partial charge in [0, 0.05) is 16.2 Å². The molecule has 4 nitrogen and oxygen atoms in total. The summed E-state index contributed by atoms with van der Waals surface area (Å²) in [6.07, 6.45) is 2.40. The Hall–Kier alpha value is -3.32. The van der Waals surface area contributed by atoms with E-state index in [1.54, 1.807) is 24.3 Å². The topological polar surface area (TPSA) is 63.6 Å². The molecule has 0 spiro atoms. The highest BCUT2D eigenvalue weighted by molar-refractivity contribution is 6.31. The minimum absolute atomic E-state index is 0.00508. The van der Waals surface area contributed by atoms with Gasteiger partial charge in [-0.15, -0.1) is 0 Å². The third-order valence-electron chi connectivity index (χ3n) is 4.63. The van der Waals surface area contributed by atoms with Crippen LogP contribution >= 0.6 is 11.6 Å². The van der Waals surface area contributed by atoms with Crippen LogP contribution in [0.5, 0.6) is 5.75 Å². The van der Waals surface area contributed by atoms with Crippen LogP contribution in [0.4, 0.5) is 13.2 Å². The molecule has 8 heteroatoms. The monoisotopic (exact) mass is 448 g/mol. The number of ketones is 1. The predicted octanol–water partition coefficient (Wildman–Crippen LogP) is 6.67. The van der Waals surface area contributed by atoms with E-state index in [0.29, 0.717) is 41.5 Å². The summed E-state index contributed by atoms with van der Waals surface area (Å²) in [6, 6.07) is 8.12. The zero-order chi connectivity index (χ0) is 22.5. The van der Waals surface area contributed by atoms with E-state index in [2.05, 4.69) is 4.74 Å². The fourth-order valence-electron chi connectivity index (χ4n) is 3.18. The first kappa shape index (κ1) is 22.4. The largest absolute Gasteiger partial charge is 0.478 e. The minimum Gasteiger partial charge on any atom is -0.478 e. The zero-order valence-electron chi connectivity index (χ0n) is 16.0. The maximum absolute atomic E-state index is 12.9. The van der Waals surface area contributed by atoms with Crippen LogP contribution in [-0.4, -0.2) is 16.9 Å². The average molecular weight is 449 g/mol. The van der Waals surface area contributed by atoms with Crippen LogP contribution in [-0.2, 0) is 4.79 Å². The highest BCUT2D eigenvalue weighted by Crippen LogP contribution is 2.30. The summed E-state index contributed by atoms with van der Waals surface area (Å²) < 4.78 is 41.5. The molecule has 1 saturated carbocycles. The van der Waals surface area contributed by atoms with Crippen LogP contribution < -0.4 is 4.74 Å². The van der Waals surface area contributed by atoms with Crippen molar-refractivity contribution in [2.24, 2.45) is 0 Å². The van der Waals surface area contributed by atoms with E-state index in [1.165, 1.54) is 30.3 Å². The van der Waals surface area contributed by atoms with E-state index >= 15 is 0 Å². The first-order valence-corrected chi connectivity index (χ1v) is 9.60. The molecule has 0 unspecified atom stereocenters. The molecule has 0 bridgehead atoms. The lowest BCUT2D eigenvalue weighted by molar-refractivity contribution is -0.112. The lowest BCUT2D eigenvalue weighted by Crippen LogP contribution is -2.12. The van der Waals surface area contributed by atoms with Crippen LogP contribution in [0.1, 0.15) is 40.7 Å². The van der Waals surface area contributed by atoms with Gasteiger partial charge in [-0.3, -0.25) is 4.79 Å². The Morgan fingerprint density at radius 1 is 1.00 bits per heavy atom. The molecule has 1 aliphatic carbocycles. The molecule has 0 aromatic heterocycles. The Kier molecular flexibility index (Phi) is 6.97. The summed E-state index contributed by atoms with van der Waals surface area (Å²) in [5.41, 5.74) is 2.01. The third kappa shape index (κ3) is 5.64. The number of hydrogen-bond acceptors (Lipinski definition) is 3. The minimum atomic E-state index is -2.55. The van der Waals surface area contributed by atoms with Crippen molar-refractivity contribution in [3.05, 3.63) is 87.4 Å².